The van der Waals surface area contributed by atoms with Gasteiger partial charge in [0, 0.05) is 5.39 Å². The minimum Gasteiger partial charge on any atom is -0.394 e. The number of amides is 1. The van der Waals surface area contributed by atoms with Gasteiger partial charge in [0.2, 0.25) is 0 Å². The number of hydrogen-bond donors (Lipinski definition) is 2. The van der Waals surface area contributed by atoms with Gasteiger partial charge in [-0.25, -0.2) is 4.98 Å². The van der Waals surface area contributed by atoms with Gasteiger partial charge in [-0.2, -0.15) is 0 Å². The number of pyridine rings is 1. The van der Waals surface area contributed by atoms with Crippen molar-refractivity contribution in [3.63, 3.8) is 0 Å². The Morgan fingerprint density at radius 1 is 1.40 bits per heavy atom. The largest absolute Gasteiger partial charge is 0.394 e. The SMILES string of the molecule is CC(C)C(CO)NC(=O)c1cc(Cl)c2ccccc2n1. The molecule has 0 aliphatic carbocycles. The van der Waals surface area contributed by atoms with Gasteiger partial charge in [-0.15, -0.1) is 0 Å². The molecule has 0 aliphatic heterocycles. The molecule has 1 heterocycles. The van der Waals surface area contributed by atoms with Crippen molar-refractivity contribution in [2.75, 3.05) is 6.61 Å². The van der Waals surface area contributed by atoms with E-state index in [1.54, 1.807) is 6.07 Å². The van der Waals surface area contributed by atoms with E-state index < -0.39 is 0 Å². The Hall–Kier alpha value is -1.65. The maximum Gasteiger partial charge on any atom is 0.270 e. The van der Waals surface area contributed by atoms with Gasteiger partial charge in [-0.1, -0.05) is 43.6 Å². The molecule has 1 amide bonds. The topological polar surface area (TPSA) is 62.2 Å². The highest BCUT2D eigenvalue weighted by molar-refractivity contribution is 6.35. The zero-order chi connectivity index (χ0) is 14.7. The van der Waals surface area contributed by atoms with Crippen molar-refractivity contribution in [1.82, 2.24) is 10.3 Å². The summed E-state index contributed by atoms with van der Waals surface area (Å²) in [4.78, 5) is 16.5. The molecule has 20 heavy (non-hydrogen) atoms. The maximum atomic E-state index is 12.2. The van der Waals surface area contributed by atoms with Crippen LogP contribution in [0.25, 0.3) is 10.9 Å². The standard InChI is InChI=1S/C15H17ClN2O2/c1-9(2)14(8-19)18-15(20)13-7-11(16)10-5-3-4-6-12(10)17-13/h3-7,9,14,19H,8H2,1-2H3,(H,18,20). The first-order valence-electron chi connectivity index (χ1n) is 6.50. The van der Waals surface area contributed by atoms with Gasteiger partial charge in [0.25, 0.3) is 5.91 Å². The molecule has 106 valence electrons. The summed E-state index contributed by atoms with van der Waals surface area (Å²) in [6.45, 7) is 3.76. The van der Waals surface area contributed by atoms with Crippen molar-refractivity contribution in [3.05, 3.63) is 41.0 Å². The second-order valence-electron chi connectivity index (χ2n) is 5.01. The lowest BCUT2D eigenvalue weighted by Gasteiger charge is -2.19. The van der Waals surface area contributed by atoms with Crippen molar-refractivity contribution < 1.29 is 9.90 Å². The number of para-hydroxylation sites is 1. The number of nitrogens with one attached hydrogen (secondary N) is 1. The zero-order valence-corrected chi connectivity index (χ0v) is 12.2. The Bertz CT molecular complexity index is 628. The third kappa shape index (κ3) is 3.08. The average molecular weight is 293 g/mol. The number of hydrogen-bond acceptors (Lipinski definition) is 3. The highest BCUT2D eigenvalue weighted by Crippen LogP contribution is 2.22. The quantitative estimate of drug-likeness (QED) is 0.910. The Balaban J connectivity index is 2.31. The van der Waals surface area contributed by atoms with Gasteiger partial charge in [0.15, 0.2) is 0 Å². The van der Waals surface area contributed by atoms with Gasteiger partial charge in [-0.05, 0) is 18.1 Å². The Morgan fingerprint density at radius 2 is 2.10 bits per heavy atom. The van der Waals surface area contributed by atoms with Crippen LogP contribution < -0.4 is 5.32 Å². The lowest BCUT2D eigenvalue weighted by molar-refractivity contribution is 0.0892. The monoisotopic (exact) mass is 292 g/mol. The van der Waals surface area contributed by atoms with Crippen LogP contribution in [0, 0.1) is 5.92 Å². The minimum atomic E-state index is -0.328. The fourth-order valence-electron chi connectivity index (χ4n) is 1.91. The third-order valence-electron chi connectivity index (χ3n) is 3.22. The molecule has 4 nitrogen and oxygen atoms in total. The molecule has 2 rings (SSSR count). The molecule has 5 heteroatoms. The van der Waals surface area contributed by atoms with Crippen molar-refractivity contribution in [2.45, 2.75) is 19.9 Å². The number of aromatic nitrogens is 1. The van der Waals surface area contributed by atoms with E-state index in [1.807, 2.05) is 38.1 Å². The summed E-state index contributed by atoms with van der Waals surface area (Å²) in [6.07, 6.45) is 0. The molecule has 2 N–H and O–H groups in total. The predicted molar refractivity (Wildman–Crippen MR) is 79.9 cm³/mol. The van der Waals surface area contributed by atoms with Crippen LogP contribution in [0.5, 0.6) is 0 Å². The molecule has 0 bridgehead atoms. The van der Waals surface area contributed by atoms with Crippen LogP contribution in [-0.2, 0) is 0 Å². The summed E-state index contributed by atoms with van der Waals surface area (Å²) in [7, 11) is 0. The summed E-state index contributed by atoms with van der Waals surface area (Å²) >= 11 is 6.17. The van der Waals surface area contributed by atoms with E-state index in [2.05, 4.69) is 10.3 Å². The molecule has 0 fully saturated rings. The summed E-state index contributed by atoms with van der Waals surface area (Å²) in [5, 5.41) is 13.3. The van der Waals surface area contributed by atoms with Crippen molar-refractivity contribution in [3.8, 4) is 0 Å². The van der Waals surface area contributed by atoms with Crippen LogP contribution in [0.1, 0.15) is 24.3 Å². The van der Waals surface area contributed by atoms with Crippen molar-refractivity contribution >= 4 is 28.4 Å². The lowest BCUT2D eigenvalue weighted by Crippen LogP contribution is -2.41. The average Bonchev–Trinajstić information content (AvgIpc) is 2.44. The highest BCUT2D eigenvalue weighted by atomic mass is 35.5. The van der Waals surface area contributed by atoms with Gasteiger partial charge in [0.05, 0.1) is 23.2 Å². The number of carbonyl (C=O) groups excluding carboxylic acids is 1. The van der Waals surface area contributed by atoms with Gasteiger partial charge >= 0.3 is 0 Å². The number of fused-ring (bicyclic) bond motifs is 1. The van der Waals surface area contributed by atoms with Crippen molar-refractivity contribution in [1.29, 1.82) is 0 Å². The molecule has 1 aromatic carbocycles. The number of aliphatic hydroxyl groups is 1. The van der Waals surface area contributed by atoms with E-state index in [-0.39, 0.29) is 30.2 Å². The van der Waals surface area contributed by atoms with E-state index in [4.69, 9.17) is 11.6 Å². The third-order valence-corrected chi connectivity index (χ3v) is 3.53. The van der Waals surface area contributed by atoms with E-state index in [9.17, 15) is 9.90 Å². The van der Waals surface area contributed by atoms with E-state index in [0.717, 1.165) is 5.39 Å². The molecule has 0 spiro atoms. The van der Waals surface area contributed by atoms with E-state index in [0.29, 0.717) is 10.5 Å². The number of rotatable bonds is 4. The number of nitrogens with zero attached hydrogens (tertiary/aromatic N) is 1. The second kappa shape index (κ2) is 6.20. The van der Waals surface area contributed by atoms with E-state index >= 15 is 0 Å². The van der Waals surface area contributed by atoms with Crippen LogP contribution in [0.2, 0.25) is 5.02 Å². The molecule has 1 unspecified atom stereocenters. The molecule has 1 aromatic heterocycles. The normalized spacial score (nSPS) is 12.7. The molecular weight excluding hydrogens is 276 g/mol. The van der Waals surface area contributed by atoms with Gasteiger partial charge in [0.1, 0.15) is 5.69 Å². The highest BCUT2D eigenvalue weighted by Gasteiger charge is 2.18. The van der Waals surface area contributed by atoms with Crippen LogP contribution in [0.4, 0.5) is 0 Å². The second-order valence-corrected chi connectivity index (χ2v) is 5.42. The Labute approximate surface area is 122 Å². The summed E-state index contributed by atoms with van der Waals surface area (Å²) < 4.78 is 0. The van der Waals surface area contributed by atoms with Crippen LogP contribution in [-0.4, -0.2) is 28.6 Å². The lowest BCUT2D eigenvalue weighted by atomic mass is 10.1. The Kier molecular flexibility index (Phi) is 4.57. The fraction of sp³-hybridized carbons (Fsp3) is 0.333. The fourth-order valence-corrected chi connectivity index (χ4v) is 2.18. The number of halogens is 1. The molecule has 2 aromatic rings. The van der Waals surface area contributed by atoms with Gasteiger partial charge < -0.3 is 10.4 Å². The summed E-state index contributed by atoms with van der Waals surface area (Å²) in [5.74, 6) is -0.190. The van der Waals surface area contributed by atoms with Crippen molar-refractivity contribution in [2.24, 2.45) is 5.92 Å². The summed E-state index contributed by atoms with van der Waals surface area (Å²) in [5.41, 5.74) is 0.933. The maximum absolute atomic E-state index is 12.2. The van der Waals surface area contributed by atoms with Crippen LogP contribution >= 0.6 is 11.6 Å². The molecular formula is C15H17ClN2O2. The van der Waals surface area contributed by atoms with Crippen LogP contribution in [0.15, 0.2) is 30.3 Å². The smallest absolute Gasteiger partial charge is 0.270 e. The molecule has 0 saturated heterocycles. The van der Waals surface area contributed by atoms with Gasteiger partial charge in [-0.3, -0.25) is 4.79 Å². The molecule has 0 saturated carbocycles. The first kappa shape index (κ1) is 14.8. The number of carbonyl (C=O) groups is 1. The molecule has 0 radical (unpaired) electrons. The first-order valence-corrected chi connectivity index (χ1v) is 6.87. The zero-order valence-electron chi connectivity index (χ0n) is 11.4. The number of benzene rings is 1. The predicted octanol–water partition coefficient (Wildman–Crippen LogP) is 2.63. The summed E-state index contributed by atoms with van der Waals surface area (Å²) in [6, 6.07) is 8.64. The number of aliphatic hydroxyl groups excluding tert-OH is 1. The molecule has 0 aliphatic rings. The van der Waals surface area contributed by atoms with E-state index in [1.165, 1.54) is 0 Å². The first-order chi connectivity index (χ1) is 9.52. The molecule has 1 atom stereocenters. The minimum absolute atomic E-state index is 0.106. The Morgan fingerprint density at radius 3 is 2.75 bits per heavy atom. The van der Waals surface area contributed by atoms with Crippen LogP contribution in [0.3, 0.4) is 0 Å².